The van der Waals surface area contributed by atoms with Gasteiger partial charge < -0.3 is 9.80 Å². The van der Waals surface area contributed by atoms with E-state index in [1.54, 1.807) is 29.3 Å². The first kappa shape index (κ1) is 24.7. The van der Waals surface area contributed by atoms with Gasteiger partial charge in [0.15, 0.2) is 0 Å². The zero-order valence-corrected chi connectivity index (χ0v) is 21.1. The number of rotatable bonds is 6. The summed E-state index contributed by atoms with van der Waals surface area (Å²) < 4.78 is 27.4. The number of carbonyl (C=O) groups excluding carboxylic acids is 2. The lowest BCUT2D eigenvalue weighted by Crippen LogP contribution is -2.45. The number of nitrogens with zero attached hydrogens (tertiary/aromatic N) is 3. The first-order valence-electron chi connectivity index (χ1n) is 11.4. The van der Waals surface area contributed by atoms with Gasteiger partial charge in [0.1, 0.15) is 5.03 Å². The van der Waals surface area contributed by atoms with Gasteiger partial charge in [-0.2, -0.15) is 0 Å². The van der Waals surface area contributed by atoms with Gasteiger partial charge in [-0.15, -0.1) is 11.8 Å². The van der Waals surface area contributed by atoms with E-state index < -0.39 is 10.0 Å². The molecule has 1 aromatic carbocycles. The Labute approximate surface area is 205 Å². The lowest BCUT2D eigenvalue weighted by atomic mass is 9.77. The van der Waals surface area contributed by atoms with Crippen LogP contribution in [0.5, 0.6) is 0 Å². The van der Waals surface area contributed by atoms with Crippen LogP contribution in [-0.2, 0) is 14.8 Å². The number of hydrogen-bond acceptors (Lipinski definition) is 6. The Kier molecular flexibility index (Phi) is 7.30. The fraction of sp³-hybridized carbons (Fsp3) is 0.458. The lowest BCUT2D eigenvalue weighted by Gasteiger charge is -2.39. The highest BCUT2D eigenvalue weighted by Crippen LogP contribution is 2.40. The van der Waals surface area contributed by atoms with Crippen LogP contribution in [0.2, 0.25) is 0 Å². The van der Waals surface area contributed by atoms with Crippen molar-refractivity contribution in [2.24, 2.45) is 5.41 Å². The summed E-state index contributed by atoms with van der Waals surface area (Å²) in [6, 6.07) is 10.1. The summed E-state index contributed by atoms with van der Waals surface area (Å²) in [6.45, 7) is 4.13. The molecule has 2 amide bonds. The molecular formula is C24H30N4O4S2. The minimum absolute atomic E-state index is 0.00346. The van der Waals surface area contributed by atoms with Crippen molar-refractivity contribution in [3.63, 3.8) is 0 Å². The van der Waals surface area contributed by atoms with Gasteiger partial charge in [-0.3, -0.25) is 9.59 Å². The molecule has 0 radical (unpaired) electrons. The van der Waals surface area contributed by atoms with E-state index in [0.717, 1.165) is 29.9 Å². The van der Waals surface area contributed by atoms with Gasteiger partial charge in [0.05, 0.1) is 17.0 Å². The van der Waals surface area contributed by atoms with Crippen molar-refractivity contribution in [1.82, 2.24) is 19.5 Å². The van der Waals surface area contributed by atoms with Crippen molar-refractivity contribution in [2.45, 2.75) is 36.1 Å². The van der Waals surface area contributed by atoms with Crippen molar-refractivity contribution < 1.29 is 18.0 Å². The third-order valence-electron chi connectivity index (χ3n) is 6.84. The van der Waals surface area contributed by atoms with E-state index in [1.165, 1.54) is 23.9 Å². The molecule has 2 aliphatic rings. The summed E-state index contributed by atoms with van der Waals surface area (Å²) in [5, 5.41) is 0.735. The smallest absolute Gasteiger partial charge is 0.256 e. The number of carbonyl (C=O) groups is 2. The highest BCUT2D eigenvalue weighted by atomic mass is 32.2. The fourth-order valence-electron chi connectivity index (χ4n) is 4.70. The molecule has 0 saturated carbocycles. The molecule has 2 aliphatic heterocycles. The number of aromatic nitrogens is 1. The Morgan fingerprint density at radius 1 is 1.06 bits per heavy atom. The molecule has 0 unspecified atom stereocenters. The molecule has 10 heteroatoms. The van der Waals surface area contributed by atoms with Crippen LogP contribution in [0.1, 0.15) is 35.2 Å². The summed E-state index contributed by atoms with van der Waals surface area (Å²) >= 11 is 1.46. The largest absolute Gasteiger partial charge is 0.341 e. The third-order valence-corrected chi connectivity index (χ3v) is 8.97. The van der Waals surface area contributed by atoms with Gasteiger partial charge in [-0.05, 0) is 62.1 Å². The predicted molar refractivity (Wildman–Crippen MR) is 131 cm³/mol. The van der Waals surface area contributed by atoms with Gasteiger partial charge in [-0.1, -0.05) is 17.7 Å². The number of amides is 2. The Balaban J connectivity index is 1.31. The van der Waals surface area contributed by atoms with Crippen LogP contribution in [0.15, 0.2) is 52.5 Å². The second-order valence-electron chi connectivity index (χ2n) is 9.06. The normalized spacial score (nSPS) is 17.8. The maximum absolute atomic E-state index is 13.0. The number of aryl methyl sites for hydroxylation is 1. The summed E-state index contributed by atoms with van der Waals surface area (Å²) in [6.07, 6.45) is 6.13. The summed E-state index contributed by atoms with van der Waals surface area (Å²) in [4.78, 5) is 33.8. The Morgan fingerprint density at radius 3 is 2.35 bits per heavy atom. The average molecular weight is 503 g/mol. The Morgan fingerprint density at radius 2 is 1.71 bits per heavy atom. The van der Waals surface area contributed by atoms with Crippen molar-refractivity contribution in [3.05, 3.63) is 53.7 Å². The number of piperidine rings is 1. The van der Waals surface area contributed by atoms with Crippen LogP contribution in [0, 0.1) is 12.3 Å². The number of nitrogens with one attached hydrogen (secondary N) is 1. The predicted octanol–water partition coefficient (Wildman–Crippen LogP) is 2.55. The SMILES string of the molecule is CSc1ncccc1C(=O)N1CCC2(CCN(C(=O)CNS(=O)(=O)c3ccc(C)cc3)C2)CC1. The van der Waals surface area contributed by atoms with E-state index in [-0.39, 0.29) is 28.7 Å². The van der Waals surface area contributed by atoms with E-state index in [0.29, 0.717) is 31.7 Å². The van der Waals surface area contributed by atoms with Gasteiger partial charge in [-0.25, -0.2) is 18.1 Å². The van der Waals surface area contributed by atoms with Crippen LogP contribution in [0.25, 0.3) is 0 Å². The first-order chi connectivity index (χ1) is 16.2. The molecule has 0 atom stereocenters. The van der Waals surface area contributed by atoms with E-state index in [9.17, 15) is 18.0 Å². The summed E-state index contributed by atoms with van der Waals surface area (Å²) in [5.74, 6) is -0.213. The zero-order valence-electron chi connectivity index (χ0n) is 19.5. The topological polar surface area (TPSA) is 99.7 Å². The number of sulfonamides is 1. The molecule has 4 rings (SSSR count). The number of thioether (sulfide) groups is 1. The van der Waals surface area contributed by atoms with E-state index in [4.69, 9.17) is 0 Å². The van der Waals surface area contributed by atoms with Gasteiger partial charge in [0.25, 0.3) is 5.91 Å². The van der Waals surface area contributed by atoms with Crippen molar-refractivity contribution in [3.8, 4) is 0 Å². The Bertz CT molecular complexity index is 1160. The summed E-state index contributed by atoms with van der Waals surface area (Å²) in [5.41, 5.74) is 1.59. The first-order valence-corrected chi connectivity index (χ1v) is 14.1. The zero-order chi connectivity index (χ0) is 24.3. The second kappa shape index (κ2) is 10.1. The number of benzene rings is 1. The van der Waals surface area contributed by atoms with E-state index in [1.807, 2.05) is 24.1 Å². The quantitative estimate of drug-likeness (QED) is 0.610. The monoisotopic (exact) mass is 502 g/mol. The van der Waals surface area contributed by atoms with Gasteiger partial charge in [0, 0.05) is 32.4 Å². The van der Waals surface area contributed by atoms with Crippen molar-refractivity contribution >= 4 is 33.6 Å². The molecule has 2 fully saturated rings. The maximum atomic E-state index is 13.0. The van der Waals surface area contributed by atoms with Gasteiger partial charge in [0.2, 0.25) is 15.9 Å². The Hall–Kier alpha value is -2.43. The fourth-order valence-corrected chi connectivity index (χ4v) is 6.21. The highest BCUT2D eigenvalue weighted by molar-refractivity contribution is 7.98. The molecule has 1 spiro atoms. The van der Waals surface area contributed by atoms with Crippen molar-refractivity contribution in [1.29, 1.82) is 0 Å². The second-order valence-corrected chi connectivity index (χ2v) is 11.6. The minimum atomic E-state index is -3.73. The molecule has 2 saturated heterocycles. The molecule has 34 heavy (non-hydrogen) atoms. The van der Waals surface area contributed by atoms with Crippen LogP contribution in [-0.4, -0.2) is 74.0 Å². The van der Waals surface area contributed by atoms with Crippen LogP contribution >= 0.6 is 11.8 Å². The molecule has 0 aliphatic carbocycles. The number of hydrogen-bond donors (Lipinski definition) is 1. The lowest BCUT2D eigenvalue weighted by molar-refractivity contribution is -0.129. The third kappa shape index (κ3) is 5.29. The van der Waals surface area contributed by atoms with E-state index >= 15 is 0 Å². The molecular weight excluding hydrogens is 472 g/mol. The average Bonchev–Trinajstić information content (AvgIpc) is 3.26. The van der Waals surface area contributed by atoms with Crippen LogP contribution in [0.4, 0.5) is 0 Å². The van der Waals surface area contributed by atoms with E-state index in [2.05, 4.69) is 9.71 Å². The minimum Gasteiger partial charge on any atom is -0.341 e. The molecule has 182 valence electrons. The van der Waals surface area contributed by atoms with Crippen LogP contribution < -0.4 is 4.72 Å². The van der Waals surface area contributed by atoms with Crippen LogP contribution in [0.3, 0.4) is 0 Å². The molecule has 0 bridgehead atoms. The van der Waals surface area contributed by atoms with Crippen molar-refractivity contribution in [2.75, 3.05) is 39.0 Å². The van der Waals surface area contributed by atoms with Gasteiger partial charge >= 0.3 is 0 Å². The molecule has 2 aromatic rings. The standard InChI is InChI=1S/C24H30N4O4S2/c1-18-5-7-19(8-6-18)34(31,32)26-16-21(29)28-15-11-24(17-28)9-13-27(14-10-24)23(30)20-4-3-12-25-22(20)33-2/h3-8,12,26H,9-11,13-17H2,1-2H3. The molecule has 8 nitrogen and oxygen atoms in total. The molecule has 3 heterocycles. The highest BCUT2D eigenvalue weighted by Gasteiger charge is 2.43. The number of likely N-dealkylation sites (tertiary alicyclic amines) is 2. The molecule has 1 N–H and O–H groups in total. The molecule has 1 aromatic heterocycles. The maximum Gasteiger partial charge on any atom is 0.256 e. The number of pyridine rings is 1. The summed E-state index contributed by atoms with van der Waals surface area (Å²) in [7, 11) is -3.73.